The first-order valence-electron chi connectivity index (χ1n) is 7.93. The van der Waals surface area contributed by atoms with Gasteiger partial charge in [0.2, 0.25) is 0 Å². The third-order valence-electron chi connectivity index (χ3n) is 3.88. The predicted molar refractivity (Wildman–Crippen MR) is 96.1 cm³/mol. The highest BCUT2D eigenvalue weighted by Crippen LogP contribution is 2.29. The summed E-state index contributed by atoms with van der Waals surface area (Å²) in [6.07, 6.45) is 0. The number of hydrogen-bond acceptors (Lipinski definition) is 3. The van der Waals surface area contributed by atoms with Crippen LogP contribution in [0.4, 0.5) is 4.39 Å². The van der Waals surface area contributed by atoms with Crippen LogP contribution in [0.25, 0.3) is 33.9 Å². The molecule has 3 aromatic carbocycles. The van der Waals surface area contributed by atoms with Gasteiger partial charge in [-0.2, -0.15) is 0 Å². The molecular formula is C21H14FN3. The van der Waals surface area contributed by atoms with Gasteiger partial charge in [0.05, 0.1) is 0 Å². The lowest BCUT2D eigenvalue weighted by Gasteiger charge is -2.09. The standard InChI is InChI=1S/C21H14FN3/c22-18-13-11-17(12-14-18)21-23-19(15-7-3-1-4-8-15)20(24-25-21)16-9-5-2-6-10-16/h1-14H. The van der Waals surface area contributed by atoms with Crippen LogP contribution in [0, 0.1) is 5.82 Å². The van der Waals surface area contributed by atoms with Crippen molar-refractivity contribution in [2.45, 2.75) is 0 Å². The fraction of sp³-hybridized carbons (Fsp3) is 0. The summed E-state index contributed by atoms with van der Waals surface area (Å²) in [5, 5.41) is 8.68. The third-order valence-corrected chi connectivity index (χ3v) is 3.88. The van der Waals surface area contributed by atoms with Crippen LogP contribution >= 0.6 is 0 Å². The van der Waals surface area contributed by atoms with Crippen molar-refractivity contribution in [3.05, 3.63) is 90.7 Å². The fourth-order valence-corrected chi connectivity index (χ4v) is 2.63. The van der Waals surface area contributed by atoms with Gasteiger partial charge in [-0.1, -0.05) is 60.7 Å². The van der Waals surface area contributed by atoms with Gasteiger partial charge in [0.15, 0.2) is 5.82 Å². The first-order chi connectivity index (χ1) is 12.3. The Bertz CT molecular complexity index is 985. The summed E-state index contributed by atoms with van der Waals surface area (Å²) < 4.78 is 13.2. The highest BCUT2D eigenvalue weighted by Gasteiger charge is 2.14. The van der Waals surface area contributed by atoms with Gasteiger partial charge in [0, 0.05) is 16.7 Å². The summed E-state index contributed by atoms with van der Waals surface area (Å²) in [4.78, 5) is 4.72. The van der Waals surface area contributed by atoms with Crippen LogP contribution in [0.1, 0.15) is 0 Å². The van der Waals surface area contributed by atoms with Crippen molar-refractivity contribution in [2.75, 3.05) is 0 Å². The Morgan fingerprint density at radius 3 is 1.68 bits per heavy atom. The zero-order valence-electron chi connectivity index (χ0n) is 13.3. The summed E-state index contributed by atoms with van der Waals surface area (Å²) in [6.45, 7) is 0. The minimum atomic E-state index is -0.291. The molecule has 0 fully saturated rings. The highest BCUT2D eigenvalue weighted by atomic mass is 19.1. The molecule has 0 aliphatic rings. The molecule has 0 aliphatic carbocycles. The first-order valence-corrected chi connectivity index (χ1v) is 7.93. The van der Waals surface area contributed by atoms with E-state index in [0.29, 0.717) is 5.82 Å². The van der Waals surface area contributed by atoms with Crippen LogP contribution in [0.3, 0.4) is 0 Å². The van der Waals surface area contributed by atoms with Gasteiger partial charge in [-0.25, -0.2) is 9.37 Å². The number of rotatable bonds is 3. The van der Waals surface area contributed by atoms with Gasteiger partial charge in [-0.3, -0.25) is 0 Å². The second-order valence-electron chi connectivity index (χ2n) is 5.57. The molecule has 0 saturated heterocycles. The molecule has 120 valence electrons. The molecule has 1 aromatic heterocycles. The van der Waals surface area contributed by atoms with Gasteiger partial charge in [-0.15, -0.1) is 10.2 Å². The van der Waals surface area contributed by atoms with E-state index in [-0.39, 0.29) is 5.82 Å². The average Bonchev–Trinajstić information content (AvgIpc) is 2.69. The van der Waals surface area contributed by atoms with E-state index >= 15 is 0 Å². The predicted octanol–water partition coefficient (Wildman–Crippen LogP) is 5.01. The van der Waals surface area contributed by atoms with E-state index in [0.717, 1.165) is 28.1 Å². The smallest absolute Gasteiger partial charge is 0.182 e. The molecule has 0 spiro atoms. The molecule has 1 heterocycles. The molecule has 0 radical (unpaired) electrons. The van der Waals surface area contributed by atoms with Crippen LogP contribution in [-0.4, -0.2) is 15.2 Å². The van der Waals surface area contributed by atoms with Gasteiger partial charge in [0.1, 0.15) is 17.2 Å². The van der Waals surface area contributed by atoms with Crippen molar-refractivity contribution >= 4 is 0 Å². The maximum atomic E-state index is 13.2. The maximum Gasteiger partial charge on any atom is 0.182 e. The highest BCUT2D eigenvalue weighted by molar-refractivity contribution is 5.78. The van der Waals surface area contributed by atoms with Gasteiger partial charge in [0.25, 0.3) is 0 Å². The molecule has 4 heteroatoms. The van der Waals surface area contributed by atoms with E-state index in [1.807, 2.05) is 60.7 Å². The number of aromatic nitrogens is 3. The van der Waals surface area contributed by atoms with E-state index in [1.165, 1.54) is 12.1 Å². The minimum Gasteiger partial charge on any atom is -0.224 e. The van der Waals surface area contributed by atoms with Crippen molar-refractivity contribution < 1.29 is 4.39 Å². The second kappa shape index (κ2) is 6.61. The molecule has 0 amide bonds. The average molecular weight is 327 g/mol. The Labute approximate surface area is 144 Å². The summed E-state index contributed by atoms with van der Waals surface area (Å²) in [6, 6.07) is 25.8. The quantitative estimate of drug-likeness (QED) is 0.531. The molecular weight excluding hydrogens is 313 g/mol. The molecule has 0 aliphatic heterocycles. The van der Waals surface area contributed by atoms with Crippen LogP contribution < -0.4 is 0 Å². The Morgan fingerprint density at radius 1 is 0.520 bits per heavy atom. The van der Waals surface area contributed by atoms with Crippen LogP contribution in [0.5, 0.6) is 0 Å². The van der Waals surface area contributed by atoms with Gasteiger partial charge >= 0.3 is 0 Å². The summed E-state index contributed by atoms with van der Waals surface area (Å²) in [5.74, 6) is 0.180. The van der Waals surface area contributed by atoms with E-state index in [1.54, 1.807) is 12.1 Å². The lowest BCUT2D eigenvalue weighted by atomic mass is 10.0. The largest absolute Gasteiger partial charge is 0.224 e. The molecule has 0 bridgehead atoms. The normalized spacial score (nSPS) is 10.6. The van der Waals surface area contributed by atoms with E-state index < -0.39 is 0 Å². The van der Waals surface area contributed by atoms with E-state index in [4.69, 9.17) is 4.98 Å². The number of benzene rings is 3. The lowest BCUT2D eigenvalue weighted by Crippen LogP contribution is -2.00. The lowest BCUT2D eigenvalue weighted by molar-refractivity contribution is 0.628. The zero-order chi connectivity index (χ0) is 17.1. The molecule has 0 atom stereocenters. The molecule has 3 nitrogen and oxygen atoms in total. The van der Waals surface area contributed by atoms with E-state index in [9.17, 15) is 4.39 Å². The summed E-state index contributed by atoms with van der Waals surface area (Å²) in [5.41, 5.74) is 4.11. The Hall–Kier alpha value is -3.40. The molecule has 4 aromatic rings. The SMILES string of the molecule is Fc1ccc(-c2nnc(-c3ccccc3)c(-c3ccccc3)n2)cc1. The number of nitrogens with zero attached hydrogens (tertiary/aromatic N) is 3. The Morgan fingerprint density at radius 2 is 1.08 bits per heavy atom. The molecule has 0 unspecified atom stereocenters. The van der Waals surface area contributed by atoms with Gasteiger partial charge < -0.3 is 0 Å². The van der Waals surface area contributed by atoms with E-state index in [2.05, 4.69) is 10.2 Å². The Balaban J connectivity index is 1.90. The first kappa shape index (κ1) is 15.1. The minimum absolute atomic E-state index is 0.291. The number of hydrogen-bond donors (Lipinski definition) is 0. The van der Waals surface area contributed by atoms with Crippen molar-refractivity contribution in [1.82, 2.24) is 15.2 Å². The Kier molecular flexibility index (Phi) is 4.01. The number of halogens is 1. The molecule has 25 heavy (non-hydrogen) atoms. The fourth-order valence-electron chi connectivity index (χ4n) is 2.63. The van der Waals surface area contributed by atoms with Crippen molar-refractivity contribution in [3.63, 3.8) is 0 Å². The van der Waals surface area contributed by atoms with Crippen LogP contribution in [0.15, 0.2) is 84.9 Å². The molecule has 0 saturated carbocycles. The van der Waals surface area contributed by atoms with Crippen molar-refractivity contribution in [3.8, 4) is 33.9 Å². The second-order valence-corrected chi connectivity index (χ2v) is 5.57. The monoisotopic (exact) mass is 327 g/mol. The maximum absolute atomic E-state index is 13.2. The topological polar surface area (TPSA) is 38.7 Å². The van der Waals surface area contributed by atoms with Crippen LogP contribution in [0.2, 0.25) is 0 Å². The van der Waals surface area contributed by atoms with Gasteiger partial charge in [-0.05, 0) is 24.3 Å². The molecule has 4 rings (SSSR count). The third kappa shape index (κ3) is 3.15. The van der Waals surface area contributed by atoms with Crippen molar-refractivity contribution in [2.24, 2.45) is 0 Å². The summed E-state index contributed by atoms with van der Waals surface area (Å²) in [7, 11) is 0. The van der Waals surface area contributed by atoms with Crippen molar-refractivity contribution in [1.29, 1.82) is 0 Å². The zero-order valence-corrected chi connectivity index (χ0v) is 13.3. The molecule has 0 N–H and O–H groups in total. The summed E-state index contributed by atoms with van der Waals surface area (Å²) >= 11 is 0. The van der Waals surface area contributed by atoms with Crippen LogP contribution in [-0.2, 0) is 0 Å².